The first-order chi connectivity index (χ1) is 16.9. The first-order valence-electron chi connectivity index (χ1n) is 10.9. The number of ketones is 1. The van der Waals surface area contributed by atoms with Gasteiger partial charge in [-0.2, -0.15) is 5.10 Å². The Kier molecular flexibility index (Phi) is 5.02. The maximum atomic E-state index is 13.8. The van der Waals surface area contributed by atoms with Gasteiger partial charge in [0.2, 0.25) is 11.8 Å². The van der Waals surface area contributed by atoms with Crippen molar-refractivity contribution >= 4 is 52.7 Å². The largest absolute Gasteiger partial charge is 0.292 e. The van der Waals surface area contributed by atoms with Crippen LogP contribution in [0.1, 0.15) is 27.5 Å². The molecule has 3 aliphatic heterocycles. The van der Waals surface area contributed by atoms with Gasteiger partial charge in [0, 0.05) is 10.6 Å². The number of carbonyl (C=O) groups is 3. The van der Waals surface area contributed by atoms with E-state index in [2.05, 4.69) is 5.10 Å². The summed E-state index contributed by atoms with van der Waals surface area (Å²) in [6, 6.07) is 15.4. The second kappa shape index (κ2) is 8.00. The first-order valence-corrected chi connectivity index (χ1v) is 11.7. The second-order valence-electron chi connectivity index (χ2n) is 8.67. The average Bonchev–Trinajstić information content (AvgIpc) is 3.32. The molecule has 9 heteroatoms. The molecule has 174 valence electrons. The number of anilines is 1. The molecule has 3 heterocycles. The lowest BCUT2D eigenvalue weighted by atomic mass is 9.83. The van der Waals surface area contributed by atoms with Crippen molar-refractivity contribution in [3.8, 4) is 0 Å². The molecule has 6 rings (SSSR count). The van der Waals surface area contributed by atoms with E-state index < -0.39 is 47.3 Å². The molecular weight excluding hydrogens is 492 g/mol. The van der Waals surface area contributed by atoms with Crippen LogP contribution in [0.3, 0.4) is 0 Å². The third-order valence-corrected chi connectivity index (χ3v) is 7.38. The summed E-state index contributed by atoms with van der Waals surface area (Å²) in [5.74, 6) is -3.75. The highest BCUT2D eigenvalue weighted by Gasteiger charge is 2.65. The van der Waals surface area contributed by atoms with Crippen molar-refractivity contribution in [2.45, 2.75) is 12.1 Å². The monoisotopic (exact) mass is 507 g/mol. The predicted octanol–water partition coefficient (Wildman–Crippen LogP) is 4.89. The zero-order chi connectivity index (χ0) is 24.4. The lowest BCUT2D eigenvalue weighted by molar-refractivity contribution is -0.124. The van der Waals surface area contributed by atoms with Gasteiger partial charge in [0.15, 0.2) is 5.78 Å². The molecule has 2 amide bonds. The number of hydrogen-bond acceptors (Lipinski definition) is 5. The Morgan fingerprint density at radius 3 is 2.37 bits per heavy atom. The summed E-state index contributed by atoms with van der Waals surface area (Å²) in [7, 11) is 0. The van der Waals surface area contributed by atoms with Crippen molar-refractivity contribution in [2.24, 2.45) is 16.9 Å². The van der Waals surface area contributed by atoms with Crippen molar-refractivity contribution in [1.82, 2.24) is 5.01 Å². The van der Waals surface area contributed by atoms with E-state index in [0.29, 0.717) is 5.02 Å². The third-order valence-electron chi connectivity index (χ3n) is 6.84. The van der Waals surface area contributed by atoms with Crippen LogP contribution in [0.2, 0.25) is 10.0 Å². The SMILES string of the molecule is O=C(c1ccc(F)cc1)[C@@H]1[C@@H]2C(=O)N(c3ccc(Cl)cc3Cl)C(=O)[C@@H]2[C@H]2c3ccccc3C=NN12. The van der Waals surface area contributed by atoms with Gasteiger partial charge in [-0.25, -0.2) is 9.29 Å². The van der Waals surface area contributed by atoms with Crippen LogP contribution < -0.4 is 4.90 Å². The van der Waals surface area contributed by atoms with Crippen LogP contribution in [0, 0.1) is 17.7 Å². The Bertz CT molecular complexity index is 1440. The van der Waals surface area contributed by atoms with Crippen LogP contribution in [-0.2, 0) is 9.59 Å². The summed E-state index contributed by atoms with van der Waals surface area (Å²) in [4.78, 5) is 42.4. The highest BCUT2D eigenvalue weighted by molar-refractivity contribution is 6.38. The molecule has 0 unspecified atom stereocenters. The standard InChI is InChI=1S/C26H16Cl2FN3O3/c27-15-7-10-19(18(28)11-15)31-25(34)20-21(26(31)35)23(24(33)13-5-8-16(29)9-6-13)32-22(20)17-4-2-1-3-14(17)12-30-32/h1-12,20-23H/t20-,21+,22+,23-/m0/s1. The molecule has 0 saturated carbocycles. The van der Waals surface area contributed by atoms with Gasteiger partial charge in [0.05, 0.1) is 34.8 Å². The van der Waals surface area contributed by atoms with E-state index in [9.17, 15) is 18.8 Å². The van der Waals surface area contributed by atoms with Gasteiger partial charge < -0.3 is 0 Å². The number of Topliss-reactive ketones (excluding diaryl/α,β-unsaturated/α-hetero) is 1. The molecule has 2 fully saturated rings. The van der Waals surface area contributed by atoms with Crippen LogP contribution >= 0.6 is 23.2 Å². The number of halogens is 3. The molecule has 0 spiro atoms. The maximum absolute atomic E-state index is 13.8. The third kappa shape index (κ3) is 3.22. The average molecular weight is 508 g/mol. The van der Waals surface area contributed by atoms with Crippen molar-refractivity contribution in [3.63, 3.8) is 0 Å². The molecule has 0 N–H and O–H groups in total. The zero-order valence-corrected chi connectivity index (χ0v) is 19.4. The quantitative estimate of drug-likeness (QED) is 0.373. The molecule has 2 saturated heterocycles. The molecule has 35 heavy (non-hydrogen) atoms. The Morgan fingerprint density at radius 1 is 0.914 bits per heavy atom. The second-order valence-corrected chi connectivity index (χ2v) is 9.52. The lowest BCUT2D eigenvalue weighted by Gasteiger charge is -2.33. The number of imide groups is 1. The van der Waals surface area contributed by atoms with Crippen molar-refractivity contribution in [1.29, 1.82) is 0 Å². The van der Waals surface area contributed by atoms with Crippen LogP contribution in [-0.4, -0.2) is 34.9 Å². The highest BCUT2D eigenvalue weighted by Crippen LogP contribution is 2.53. The molecular formula is C26H16Cl2FN3O3. The minimum absolute atomic E-state index is 0.152. The Hall–Kier alpha value is -3.55. The number of carbonyl (C=O) groups excluding carboxylic acids is 3. The molecule has 3 aromatic carbocycles. The molecule has 0 aliphatic carbocycles. The predicted molar refractivity (Wildman–Crippen MR) is 129 cm³/mol. The number of hydrogen-bond donors (Lipinski definition) is 0. The Morgan fingerprint density at radius 2 is 1.63 bits per heavy atom. The van der Waals surface area contributed by atoms with E-state index in [1.165, 1.54) is 36.4 Å². The summed E-state index contributed by atoms with van der Waals surface area (Å²) in [5.41, 5.74) is 2.06. The van der Waals surface area contributed by atoms with Crippen LogP contribution in [0.4, 0.5) is 10.1 Å². The molecule has 0 aromatic heterocycles. The minimum Gasteiger partial charge on any atom is -0.292 e. The molecule has 6 nitrogen and oxygen atoms in total. The smallest absolute Gasteiger partial charge is 0.240 e. The highest BCUT2D eigenvalue weighted by atomic mass is 35.5. The fourth-order valence-corrected chi connectivity index (χ4v) is 5.85. The van der Waals surface area contributed by atoms with Crippen molar-refractivity contribution < 1.29 is 18.8 Å². The number of benzene rings is 3. The van der Waals surface area contributed by atoms with E-state index in [4.69, 9.17) is 23.2 Å². The number of amides is 2. The van der Waals surface area contributed by atoms with E-state index in [-0.39, 0.29) is 16.3 Å². The van der Waals surface area contributed by atoms with Crippen molar-refractivity contribution in [3.05, 3.63) is 99.3 Å². The van der Waals surface area contributed by atoms with Gasteiger partial charge in [0.1, 0.15) is 11.9 Å². The number of hydrazone groups is 1. The lowest BCUT2D eigenvalue weighted by Crippen LogP contribution is -2.44. The topological polar surface area (TPSA) is 70.0 Å². The van der Waals surface area contributed by atoms with Gasteiger partial charge >= 0.3 is 0 Å². The molecule has 3 aromatic rings. The number of nitrogens with zero attached hydrogens (tertiary/aromatic N) is 3. The van der Waals surface area contributed by atoms with Gasteiger partial charge in [-0.3, -0.25) is 19.4 Å². The van der Waals surface area contributed by atoms with Gasteiger partial charge in [-0.1, -0.05) is 47.5 Å². The van der Waals surface area contributed by atoms with Crippen LogP contribution in [0.5, 0.6) is 0 Å². The number of fused-ring (bicyclic) bond motifs is 5. The van der Waals surface area contributed by atoms with Gasteiger partial charge in [0.25, 0.3) is 0 Å². The van der Waals surface area contributed by atoms with Crippen molar-refractivity contribution in [2.75, 3.05) is 4.90 Å². The summed E-state index contributed by atoms with van der Waals surface area (Å²) in [5, 5.41) is 6.58. The fourth-order valence-electron chi connectivity index (χ4n) is 5.35. The Balaban J connectivity index is 1.50. The Labute approximate surface area is 209 Å². The summed E-state index contributed by atoms with van der Waals surface area (Å²) in [6.07, 6.45) is 1.63. The van der Waals surface area contributed by atoms with Crippen LogP contribution in [0.25, 0.3) is 0 Å². The summed E-state index contributed by atoms with van der Waals surface area (Å²) >= 11 is 12.4. The summed E-state index contributed by atoms with van der Waals surface area (Å²) < 4.78 is 13.5. The van der Waals surface area contributed by atoms with Gasteiger partial charge in [-0.15, -0.1) is 0 Å². The van der Waals surface area contributed by atoms with Gasteiger partial charge in [-0.05, 0) is 53.6 Å². The molecule has 0 radical (unpaired) electrons. The molecule has 0 bridgehead atoms. The normalized spacial score (nSPS) is 24.4. The van der Waals surface area contributed by atoms with E-state index in [1.54, 1.807) is 17.3 Å². The van der Waals surface area contributed by atoms with E-state index >= 15 is 0 Å². The van der Waals surface area contributed by atoms with E-state index in [1.807, 2.05) is 24.3 Å². The first kappa shape index (κ1) is 21.9. The molecule has 3 aliphatic rings. The maximum Gasteiger partial charge on any atom is 0.240 e. The number of rotatable bonds is 3. The van der Waals surface area contributed by atoms with Crippen LogP contribution in [0.15, 0.2) is 71.8 Å². The zero-order valence-electron chi connectivity index (χ0n) is 17.9. The minimum atomic E-state index is -1.05. The fraction of sp³-hybridized carbons (Fsp3) is 0.154. The van der Waals surface area contributed by atoms with E-state index in [0.717, 1.165) is 16.0 Å². The summed E-state index contributed by atoms with van der Waals surface area (Å²) in [6.45, 7) is 0. The molecule has 4 atom stereocenters.